The number of ether oxygens (including phenoxy) is 1. The molecule has 114 valence electrons. The van der Waals surface area contributed by atoms with Crippen LogP contribution in [0.15, 0.2) is 28.9 Å². The van der Waals surface area contributed by atoms with Gasteiger partial charge in [0.25, 0.3) is 0 Å². The van der Waals surface area contributed by atoms with Gasteiger partial charge in [-0.1, -0.05) is 6.92 Å². The lowest BCUT2D eigenvalue weighted by molar-refractivity contribution is -0.141. The van der Waals surface area contributed by atoms with E-state index in [2.05, 4.69) is 15.3 Å². The van der Waals surface area contributed by atoms with Gasteiger partial charge in [0.15, 0.2) is 5.69 Å². The van der Waals surface area contributed by atoms with Crippen molar-refractivity contribution >= 4 is 5.95 Å². The summed E-state index contributed by atoms with van der Waals surface area (Å²) in [5.74, 6) is 0.221. The van der Waals surface area contributed by atoms with Crippen molar-refractivity contribution in [2.24, 2.45) is 0 Å². The smallest absolute Gasteiger partial charge is 0.433 e. The molecule has 0 aliphatic rings. The van der Waals surface area contributed by atoms with Crippen molar-refractivity contribution in [3.8, 4) is 5.88 Å². The minimum atomic E-state index is -4.56. The molecule has 0 bridgehead atoms. The fourth-order valence-electron chi connectivity index (χ4n) is 1.50. The van der Waals surface area contributed by atoms with Crippen molar-refractivity contribution in [2.75, 3.05) is 11.9 Å². The van der Waals surface area contributed by atoms with Gasteiger partial charge >= 0.3 is 6.18 Å². The standard InChI is InChI=1S/C13H14F3N3O2/c1-2-5-17-12-18-10(13(14,15)16)7-11(19-12)21-8-9-4-3-6-20-9/h3-4,6-7H,2,5,8H2,1H3,(H,17,18,19). The minimum Gasteiger partial charge on any atom is -0.469 e. The first-order chi connectivity index (χ1) is 9.99. The Morgan fingerprint density at radius 2 is 2.14 bits per heavy atom. The van der Waals surface area contributed by atoms with Gasteiger partial charge in [-0.25, -0.2) is 4.98 Å². The highest BCUT2D eigenvalue weighted by molar-refractivity contribution is 5.32. The monoisotopic (exact) mass is 301 g/mol. The van der Waals surface area contributed by atoms with Crippen LogP contribution in [0.2, 0.25) is 0 Å². The van der Waals surface area contributed by atoms with Crippen LogP contribution in [0.1, 0.15) is 24.8 Å². The fourth-order valence-corrected chi connectivity index (χ4v) is 1.50. The molecule has 0 saturated heterocycles. The first-order valence-corrected chi connectivity index (χ1v) is 6.34. The van der Waals surface area contributed by atoms with Gasteiger partial charge in [0, 0.05) is 12.6 Å². The van der Waals surface area contributed by atoms with Crippen LogP contribution in [-0.2, 0) is 12.8 Å². The van der Waals surface area contributed by atoms with Crippen LogP contribution in [0.5, 0.6) is 5.88 Å². The van der Waals surface area contributed by atoms with Gasteiger partial charge in [-0.05, 0) is 18.6 Å². The van der Waals surface area contributed by atoms with Gasteiger partial charge in [-0.2, -0.15) is 18.2 Å². The average molecular weight is 301 g/mol. The number of nitrogens with one attached hydrogen (secondary N) is 1. The third kappa shape index (κ3) is 4.37. The Morgan fingerprint density at radius 3 is 2.76 bits per heavy atom. The molecule has 0 aliphatic heterocycles. The zero-order valence-corrected chi connectivity index (χ0v) is 11.3. The van der Waals surface area contributed by atoms with Gasteiger partial charge in [-0.15, -0.1) is 0 Å². The summed E-state index contributed by atoms with van der Waals surface area (Å²) < 4.78 is 48.6. The first kappa shape index (κ1) is 15.1. The summed E-state index contributed by atoms with van der Waals surface area (Å²) in [4.78, 5) is 7.33. The zero-order valence-electron chi connectivity index (χ0n) is 11.3. The van der Waals surface area contributed by atoms with E-state index in [0.29, 0.717) is 12.3 Å². The van der Waals surface area contributed by atoms with E-state index < -0.39 is 11.9 Å². The fraction of sp³-hybridized carbons (Fsp3) is 0.385. The Kier molecular flexibility index (Phi) is 4.66. The Morgan fingerprint density at radius 1 is 1.33 bits per heavy atom. The van der Waals surface area contributed by atoms with Crippen molar-refractivity contribution < 1.29 is 22.3 Å². The highest BCUT2D eigenvalue weighted by atomic mass is 19.4. The molecule has 0 atom stereocenters. The Labute approximate surface area is 119 Å². The molecule has 0 aromatic carbocycles. The lowest BCUT2D eigenvalue weighted by atomic mass is 10.4. The molecule has 0 radical (unpaired) electrons. The number of anilines is 1. The molecule has 2 rings (SSSR count). The molecule has 2 heterocycles. The quantitative estimate of drug-likeness (QED) is 0.885. The molecular weight excluding hydrogens is 287 g/mol. The zero-order chi connectivity index (χ0) is 15.3. The van der Waals surface area contributed by atoms with Crippen molar-refractivity contribution in [1.82, 2.24) is 9.97 Å². The van der Waals surface area contributed by atoms with Crippen LogP contribution in [-0.4, -0.2) is 16.5 Å². The maximum Gasteiger partial charge on any atom is 0.433 e. The third-order valence-electron chi connectivity index (χ3n) is 2.47. The first-order valence-electron chi connectivity index (χ1n) is 6.34. The van der Waals surface area contributed by atoms with Gasteiger partial charge in [-0.3, -0.25) is 0 Å². The van der Waals surface area contributed by atoms with E-state index in [1.54, 1.807) is 12.1 Å². The summed E-state index contributed by atoms with van der Waals surface area (Å²) >= 11 is 0. The van der Waals surface area contributed by atoms with Crippen LogP contribution in [0.3, 0.4) is 0 Å². The van der Waals surface area contributed by atoms with Crippen LogP contribution in [0.25, 0.3) is 0 Å². The second kappa shape index (κ2) is 6.47. The van der Waals surface area contributed by atoms with E-state index in [4.69, 9.17) is 9.15 Å². The Balaban J connectivity index is 2.17. The highest BCUT2D eigenvalue weighted by Crippen LogP contribution is 2.30. The number of hydrogen-bond acceptors (Lipinski definition) is 5. The second-order valence-electron chi connectivity index (χ2n) is 4.21. The van der Waals surface area contributed by atoms with E-state index in [1.807, 2.05) is 6.92 Å². The Bertz CT molecular complexity index is 571. The molecule has 0 spiro atoms. The lowest BCUT2D eigenvalue weighted by Crippen LogP contribution is -2.13. The number of alkyl halides is 3. The number of nitrogens with zero attached hydrogens (tertiary/aromatic N) is 2. The molecule has 5 nitrogen and oxygen atoms in total. The maximum absolute atomic E-state index is 12.8. The van der Waals surface area contributed by atoms with Crippen molar-refractivity contribution in [1.29, 1.82) is 0 Å². The van der Waals surface area contributed by atoms with Crippen molar-refractivity contribution in [2.45, 2.75) is 26.1 Å². The number of halogens is 3. The molecule has 21 heavy (non-hydrogen) atoms. The lowest BCUT2D eigenvalue weighted by Gasteiger charge is -2.11. The molecule has 8 heteroatoms. The van der Waals surface area contributed by atoms with Crippen LogP contribution >= 0.6 is 0 Å². The predicted octanol–water partition coefficient (Wildman–Crippen LogP) is 3.49. The molecule has 0 aliphatic carbocycles. The predicted molar refractivity (Wildman–Crippen MR) is 68.9 cm³/mol. The van der Waals surface area contributed by atoms with E-state index in [9.17, 15) is 13.2 Å². The molecule has 0 unspecified atom stereocenters. The van der Waals surface area contributed by atoms with Gasteiger partial charge < -0.3 is 14.5 Å². The maximum atomic E-state index is 12.8. The SMILES string of the molecule is CCCNc1nc(OCc2ccco2)cc(C(F)(F)F)n1. The summed E-state index contributed by atoms with van der Waals surface area (Å²) in [6, 6.07) is 4.08. The minimum absolute atomic E-state index is 0.00543. The third-order valence-corrected chi connectivity index (χ3v) is 2.47. The number of furan rings is 1. The van der Waals surface area contributed by atoms with Crippen LogP contribution in [0, 0.1) is 0 Å². The van der Waals surface area contributed by atoms with E-state index >= 15 is 0 Å². The van der Waals surface area contributed by atoms with Crippen LogP contribution in [0.4, 0.5) is 19.1 Å². The molecular formula is C13H14F3N3O2. The average Bonchev–Trinajstić information content (AvgIpc) is 2.95. The summed E-state index contributed by atoms with van der Waals surface area (Å²) in [5.41, 5.74) is -1.05. The van der Waals surface area contributed by atoms with Crippen molar-refractivity contribution in [3.63, 3.8) is 0 Å². The number of hydrogen-bond donors (Lipinski definition) is 1. The van der Waals surface area contributed by atoms with E-state index in [-0.39, 0.29) is 18.4 Å². The van der Waals surface area contributed by atoms with E-state index in [1.165, 1.54) is 6.26 Å². The summed E-state index contributed by atoms with van der Waals surface area (Å²) in [5, 5.41) is 2.71. The molecule has 0 amide bonds. The normalized spacial score (nSPS) is 11.4. The second-order valence-corrected chi connectivity index (χ2v) is 4.21. The summed E-state index contributed by atoms with van der Waals surface area (Å²) in [6.45, 7) is 2.35. The topological polar surface area (TPSA) is 60.2 Å². The summed E-state index contributed by atoms with van der Waals surface area (Å²) in [6.07, 6.45) is -2.37. The summed E-state index contributed by atoms with van der Waals surface area (Å²) in [7, 11) is 0. The van der Waals surface area contributed by atoms with E-state index in [0.717, 1.165) is 12.5 Å². The van der Waals surface area contributed by atoms with Gasteiger partial charge in [0.2, 0.25) is 11.8 Å². The largest absolute Gasteiger partial charge is 0.469 e. The molecule has 0 saturated carbocycles. The number of aromatic nitrogens is 2. The number of rotatable bonds is 6. The highest BCUT2D eigenvalue weighted by Gasteiger charge is 2.34. The molecule has 2 aromatic rings. The molecule has 1 N–H and O–H groups in total. The van der Waals surface area contributed by atoms with Crippen LogP contribution < -0.4 is 10.1 Å². The Hall–Kier alpha value is -2.25. The van der Waals surface area contributed by atoms with Gasteiger partial charge in [0.05, 0.1) is 6.26 Å². The van der Waals surface area contributed by atoms with Gasteiger partial charge in [0.1, 0.15) is 12.4 Å². The molecule has 0 fully saturated rings. The molecule has 2 aromatic heterocycles. The van der Waals surface area contributed by atoms with Crippen molar-refractivity contribution in [3.05, 3.63) is 35.9 Å².